The van der Waals surface area contributed by atoms with E-state index in [1.807, 2.05) is 13.0 Å². The first-order valence-electron chi connectivity index (χ1n) is 6.32. The van der Waals surface area contributed by atoms with Crippen LogP contribution in [0.1, 0.15) is 32.3 Å². The highest BCUT2D eigenvalue weighted by molar-refractivity contribution is 5.87. The predicted octanol–water partition coefficient (Wildman–Crippen LogP) is 2.97. The van der Waals surface area contributed by atoms with E-state index < -0.39 is 5.97 Å². The highest BCUT2D eigenvalue weighted by Crippen LogP contribution is 2.20. The lowest BCUT2D eigenvalue weighted by Crippen LogP contribution is -2.07. The number of ether oxygens (including phenoxy) is 2. The molecule has 0 aromatic heterocycles. The average Bonchev–Trinajstić information content (AvgIpc) is 2.38. The van der Waals surface area contributed by atoms with Gasteiger partial charge in [-0.3, -0.25) is 4.79 Å². The van der Waals surface area contributed by atoms with Gasteiger partial charge in [-0.1, -0.05) is 25.1 Å². The van der Waals surface area contributed by atoms with Crippen molar-refractivity contribution >= 4 is 18.0 Å². The topological polar surface area (TPSA) is 52.6 Å². The Morgan fingerprint density at radius 3 is 2.63 bits per heavy atom. The number of carbonyl (C=O) groups is 2. The molecule has 0 saturated carbocycles. The van der Waals surface area contributed by atoms with E-state index in [9.17, 15) is 9.59 Å². The van der Waals surface area contributed by atoms with Crippen LogP contribution in [0.25, 0.3) is 6.08 Å². The van der Waals surface area contributed by atoms with Crippen molar-refractivity contribution in [1.29, 1.82) is 0 Å². The number of para-hydroxylation sites is 1. The van der Waals surface area contributed by atoms with Gasteiger partial charge in [0.25, 0.3) is 0 Å². The summed E-state index contributed by atoms with van der Waals surface area (Å²) in [5.41, 5.74) is 0.667. The van der Waals surface area contributed by atoms with Crippen molar-refractivity contribution in [3.63, 3.8) is 0 Å². The third kappa shape index (κ3) is 5.38. The molecule has 4 heteroatoms. The minimum absolute atomic E-state index is 0.278. The molecule has 19 heavy (non-hydrogen) atoms. The number of hydrogen-bond donors (Lipinski definition) is 0. The summed E-state index contributed by atoms with van der Waals surface area (Å²) in [6.45, 7) is 3.98. The smallest absolute Gasteiger partial charge is 0.330 e. The Balaban J connectivity index is 2.78. The predicted molar refractivity (Wildman–Crippen MR) is 72.7 cm³/mol. The van der Waals surface area contributed by atoms with Crippen molar-refractivity contribution < 1.29 is 19.1 Å². The van der Waals surface area contributed by atoms with E-state index in [4.69, 9.17) is 9.47 Å². The first kappa shape index (κ1) is 15.0. The maximum Gasteiger partial charge on any atom is 0.330 e. The van der Waals surface area contributed by atoms with Crippen molar-refractivity contribution in [3.8, 4) is 5.75 Å². The molecule has 0 spiro atoms. The summed E-state index contributed by atoms with van der Waals surface area (Å²) < 4.78 is 10.0. The largest absolute Gasteiger partial charge is 0.463 e. The molecule has 0 radical (unpaired) electrons. The quantitative estimate of drug-likeness (QED) is 0.449. The first-order chi connectivity index (χ1) is 9.17. The fourth-order valence-corrected chi connectivity index (χ4v) is 1.44. The Morgan fingerprint density at radius 2 is 1.95 bits per heavy atom. The van der Waals surface area contributed by atoms with Crippen molar-refractivity contribution in [2.75, 3.05) is 6.61 Å². The number of esters is 2. The minimum Gasteiger partial charge on any atom is -0.463 e. The van der Waals surface area contributed by atoms with Gasteiger partial charge in [-0.25, -0.2) is 4.79 Å². The van der Waals surface area contributed by atoms with Crippen molar-refractivity contribution in [2.45, 2.75) is 26.7 Å². The summed E-state index contributed by atoms with van der Waals surface area (Å²) in [5.74, 6) is -0.252. The molecule has 0 atom stereocenters. The van der Waals surface area contributed by atoms with E-state index in [1.54, 1.807) is 31.2 Å². The van der Waals surface area contributed by atoms with Gasteiger partial charge in [0.1, 0.15) is 5.75 Å². The van der Waals surface area contributed by atoms with E-state index in [0.717, 1.165) is 6.42 Å². The molecule has 0 amide bonds. The zero-order valence-corrected chi connectivity index (χ0v) is 11.2. The monoisotopic (exact) mass is 262 g/mol. The molecular weight excluding hydrogens is 244 g/mol. The molecule has 0 N–H and O–H groups in total. The van der Waals surface area contributed by atoms with Gasteiger partial charge in [-0.05, 0) is 25.5 Å². The summed E-state index contributed by atoms with van der Waals surface area (Å²) >= 11 is 0. The third-order valence-electron chi connectivity index (χ3n) is 2.28. The molecule has 0 unspecified atom stereocenters. The highest BCUT2D eigenvalue weighted by atomic mass is 16.5. The Bertz CT molecular complexity index is 463. The molecular formula is C15H18O4. The summed E-state index contributed by atoms with van der Waals surface area (Å²) in [5, 5.41) is 0. The second kappa shape index (κ2) is 8.08. The van der Waals surface area contributed by atoms with Crippen LogP contribution in [0.3, 0.4) is 0 Å². The number of benzene rings is 1. The van der Waals surface area contributed by atoms with Gasteiger partial charge in [0, 0.05) is 18.1 Å². The number of carbonyl (C=O) groups excluding carboxylic acids is 2. The average molecular weight is 262 g/mol. The zero-order valence-electron chi connectivity index (χ0n) is 11.2. The lowest BCUT2D eigenvalue weighted by atomic mass is 10.2. The summed E-state index contributed by atoms with van der Waals surface area (Å²) in [6.07, 6.45) is 4.00. The zero-order chi connectivity index (χ0) is 14.1. The van der Waals surface area contributed by atoms with E-state index >= 15 is 0 Å². The van der Waals surface area contributed by atoms with Gasteiger partial charge in [-0.15, -0.1) is 0 Å². The van der Waals surface area contributed by atoms with Crippen LogP contribution in [0.5, 0.6) is 5.75 Å². The second-order valence-corrected chi connectivity index (χ2v) is 3.85. The van der Waals surface area contributed by atoms with Crippen molar-refractivity contribution in [1.82, 2.24) is 0 Å². The van der Waals surface area contributed by atoms with Gasteiger partial charge in [0.2, 0.25) is 0 Å². The van der Waals surface area contributed by atoms with Crippen LogP contribution in [0, 0.1) is 0 Å². The molecule has 4 nitrogen and oxygen atoms in total. The standard InChI is InChI=1S/C15H18O4/c1-3-7-15(17)19-13-9-6-5-8-12(13)10-11-14(16)18-4-2/h5-6,8-11H,3-4,7H2,1-2H3/b11-10+. The van der Waals surface area contributed by atoms with Crippen LogP contribution in [-0.2, 0) is 14.3 Å². The van der Waals surface area contributed by atoms with Crippen LogP contribution >= 0.6 is 0 Å². The fraction of sp³-hybridized carbons (Fsp3) is 0.333. The molecule has 0 aliphatic carbocycles. The van der Waals surface area contributed by atoms with Crippen LogP contribution in [-0.4, -0.2) is 18.5 Å². The Morgan fingerprint density at radius 1 is 1.21 bits per heavy atom. The van der Waals surface area contributed by atoms with Crippen LogP contribution in [0.2, 0.25) is 0 Å². The van der Waals surface area contributed by atoms with Crippen molar-refractivity contribution in [3.05, 3.63) is 35.9 Å². The van der Waals surface area contributed by atoms with Gasteiger partial charge >= 0.3 is 11.9 Å². The SMILES string of the molecule is CCCC(=O)Oc1ccccc1/C=C/C(=O)OCC. The fourth-order valence-electron chi connectivity index (χ4n) is 1.44. The molecule has 0 saturated heterocycles. The van der Waals surface area contributed by atoms with Gasteiger partial charge in [0.05, 0.1) is 6.61 Å². The molecule has 0 aliphatic rings. The molecule has 1 aromatic rings. The molecule has 1 aromatic carbocycles. The molecule has 0 aliphatic heterocycles. The minimum atomic E-state index is -0.419. The molecule has 0 bridgehead atoms. The van der Waals surface area contributed by atoms with E-state index in [0.29, 0.717) is 24.3 Å². The first-order valence-corrected chi connectivity index (χ1v) is 6.32. The normalized spacial score (nSPS) is 10.4. The molecule has 102 valence electrons. The Kier molecular flexibility index (Phi) is 6.36. The lowest BCUT2D eigenvalue weighted by molar-refractivity contribution is -0.137. The van der Waals surface area contributed by atoms with E-state index in [1.165, 1.54) is 6.08 Å². The molecule has 1 rings (SSSR count). The lowest BCUT2D eigenvalue weighted by Gasteiger charge is -2.06. The second-order valence-electron chi connectivity index (χ2n) is 3.85. The summed E-state index contributed by atoms with van der Waals surface area (Å²) in [7, 11) is 0. The van der Waals surface area contributed by atoms with Gasteiger partial charge in [0.15, 0.2) is 0 Å². The maximum atomic E-state index is 11.5. The van der Waals surface area contributed by atoms with E-state index in [-0.39, 0.29) is 5.97 Å². The highest BCUT2D eigenvalue weighted by Gasteiger charge is 2.06. The molecule has 0 heterocycles. The number of rotatable bonds is 6. The molecule has 0 fully saturated rings. The Hall–Kier alpha value is -2.10. The van der Waals surface area contributed by atoms with Crippen molar-refractivity contribution in [2.24, 2.45) is 0 Å². The Labute approximate surface area is 113 Å². The summed E-state index contributed by atoms with van der Waals surface area (Å²) in [6, 6.07) is 7.04. The van der Waals surface area contributed by atoms with Crippen LogP contribution in [0.15, 0.2) is 30.3 Å². The van der Waals surface area contributed by atoms with E-state index in [2.05, 4.69) is 0 Å². The van der Waals surface area contributed by atoms with Gasteiger partial charge in [-0.2, -0.15) is 0 Å². The van der Waals surface area contributed by atoms with Crippen LogP contribution < -0.4 is 4.74 Å². The van der Waals surface area contributed by atoms with Crippen LogP contribution in [0.4, 0.5) is 0 Å². The third-order valence-corrected chi connectivity index (χ3v) is 2.28. The maximum absolute atomic E-state index is 11.5. The summed E-state index contributed by atoms with van der Waals surface area (Å²) in [4.78, 5) is 22.7. The number of hydrogen-bond acceptors (Lipinski definition) is 4. The van der Waals surface area contributed by atoms with Gasteiger partial charge < -0.3 is 9.47 Å².